The number of fused-ring (bicyclic) bond motifs is 1. The first-order valence-electron chi connectivity index (χ1n) is 8.91. The van der Waals surface area contributed by atoms with Crippen LogP contribution in [0, 0.1) is 0 Å². The van der Waals surface area contributed by atoms with Gasteiger partial charge in [-0.15, -0.1) is 0 Å². The van der Waals surface area contributed by atoms with Crippen LogP contribution in [-0.4, -0.2) is 30.2 Å². The third-order valence-electron chi connectivity index (χ3n) is 5.01. The zero-order valence-corrected chi connectivity index (χ0v) is 16.0. The minimum Gasteiger partial charge on any atom is -0.497 e. The van der Waals surface area contributed by atoms with E-state index in [9.17, 15) is 0 Å². The van der Waals surface area contributed by atoms with Gasteiger partial charge in [-0.1, -0.05) is 0 Å². The van der Waals surface area contributed by atoms with E-state index in [4.69, 9.17) is 9.47 Å². The minimum absolute atomic E-state index is 0.274. The van der Waals surface area contributed by atoms with Crippen LogP contribution in [0.3, 0.4) is 0 Å². The smallest absolute Gasteiger partial charge is 0.122 e. The van der Waals surface area contributed by atoms with Gasteiger partial charge in [-0.25, -0.2) is 0 Å². The summed E-state index contributed by atoms with van der Waals surface area (Å²) in [7, 11) is 3.40. The van der Waals surface area contributed by atoms with Crippen LogP contribution in [0.25, 0.3) is 0 Å². The fourth-order valence-corrected chi connectivity index (χ4v) is 4.49. The van der Waals surface area contributed by atoms with E-state index in [-0.39, 0.29) is 6.04 Å². The van der Waals surface area contributed by atoms with E-state index in [0.29, 0.717) is 0 Å². The maximum Gasteiger partial charge on any atom is 0.122 e. The highest BCUT2D eigenvalue weighted by Crippen LogP contribution is 2.35. The Morgan fingerprint density at radius 1 is 1.08 bits per heavy atom. The molecule has 0 saturated heterocycles. The van der Waals surface area contributed by atoms with E-state index >= 15 is 0 Å². The van der Waals surface area contributed by atoms with Crippen LogP contribution in [-0.2, 0) is 13.1 Å². The van der Waals surface area contributed by atoms with Gasteiger partial charge in [0, 0.05) is 37.6 Å². The highest BCUT2D eigenvalue weighted by molar-refractivity contribution is 7.08. The van der Waals surface area contributed by atoms with Crippen molar-refractivity contribution in [3.63, 3.8) is 0 Å². The lowest BCUT2D eigenvalue weighted by Crippen LogP contribution is -2.29. The van der Waals surface area contributed by atoms with E-state index in [2.05, 4.69) is 56.8 Å². The predicted molar refractivity (Wildman–Crippen MR) is 105 cm³/mol. The van der Waals surface area contributed by atoms with E-state index in [1.54, 1.807) is 25.6 Å². The number of methoxy groups -OCH3 is 2. The molecule has 3 heterocycles. The Labute approximate surface area is 158 Å². The van der Waals surface area contributed by atoms with Crippen molar-refractivity contribution in [1.82, 2.24) is 9.47 Å². The maximum absolute atomic E-state index is 5.45. The predicted octanol–water partition coefficient (Wildman–Crippen LogP) is 4.56. The lowest BCUT2D eigenvalue weighted by molar-refractivity contribution is 0.220. The number of hydrogen-bond acceptors (Lipinski definition) is 4. The number of aromatic nitrogens is 1. The Kier molecular flexibility index (Phi) is 5.00. The summed E-state index contributed by atoms with van der Waals surface area (Å²) in [4.78, 5) is 2.56. The van der Waals surface area contributed by atoms with Crippen LogP contribution in [0.2, 0.25) is 0 Å². The molecule has 136 valence electrons. The number of nitrogens with zero attached hydrogens (tertiary/aromatic N) is 2. The standard InChI is InChI=1S/C21H24N2O2S/c1-24-18-11-16(12-19(13-18)25-2)14-23-9-4-8-22-7-3-5-20(22)21(23)17-6-10-26-15-17/h3,5-7,10-13,15,21H,4,8-9,14H2,1-2H3. The van der Waals surface area contributed by atoms with Gasteiger partial charge in [0.25, 0.3) is 0 Å². The molecule has 0 radical (unpaired) electrons. The molecular formula is C21H24N2O2S. The second-order valence-electron chi connectivity index (χ2n) is 6.63. The van der Waals surface area contributed by atoms with Gasteiger partial charge in [0.15, 0.2) is 0 Å². The van der Waals surface area contributed by atoms with Gasteiger partial charge >= 0.3 is 0 Å². The molecule has 0 spiro atoms. The van der Waals surface area contributed by atoms with Crippen molar-refractivity contribution < 1.29 is 9.47 Å². The first-order valence-corrected chi connectivity index (χ1v) is 9.86. The van der Waals surface area contributed by atoms with Crippen LogP contribution in [0.1, 0.15) is 29.3 Å². The fraction of sp³-hybridized carbons (Fsp3) is 0.333. The molecule has 4 nitrogen and oxygen atoms in total. The van der Waals surface area contributed by atoms with Crippen molar-refractivity contribution in [2.45, 2.75) is 25.6 Å². The lowest BCUT2D eigenvalue weighted by Gasteiger charge is -2.30. The quantitative estimate of drug-likeness (QED) is 0.660. The molecule has 5 heteroatoms. The monoisotopic (exact) mass is 368 g/mol. The van der Waals surface area contributed by atoms with Gasteiger partial charge in [-0.3, -0.25) is 4.90 Å². The SMILES string of the molecule is COc1cc(CN2CCCn3cccc3C2c2ccsc2)cc(OC)c1. The van der Waals surface area contributed by atoms with Crippen molar-refractivity contribution >= 4 is 11.3 Å². The van der Waals surface area contributed by atoms with Gasteiger partial charge in [-0.05, 0) is 58.6 Å². The molecule has 0 fully saturated rings. The zero-order valence-electron chi connectivity index (χ0n) is 15.2. The molecular weight excluding hydrogens is 344 g/mol. The summed E-state index contributed by atoms with van der Waals surface area (Å²) in [5.74, 6) is 1.68. The van der Waals surface area contributed by atoms with Crippen molar-refractivity contribution in [1.29, 1.82) is 0 Å². The number of rotatable bonds is 5. The average Bonchev–Trinajstić information content (AvgIpc) is 3.32. The van der Waals surface area contributed by atoms with Crippen molar-refractivity contribution in [2.24, 2.45) is 0 Å². The second-order valence-corrected chi connectivity index (χ2v) is 7.41. The topological polar surface area (TPSA) is 26.6 Å². The molecule has 1 aromatic carbocycles. The number of thiophene rings is 1. The van der Waals surface area contributed by atoms with E-state index in [0.717, 1.165) is 37.6 Å². The number of hydrogen-bond donors (Lipinski definition) is 0. The van der Waals surface area contributed by atoms with E-state index in [1.165, 1.54) is 16.8 Å². The van der Waals surface area contributed by atoms with Gasteiger partial charge in [0.1, 0.15) is 11.5 Å². The average molecular weight is 369 g/mol. The summed E-state index contributed by atoms with van der Waals surface area (Å²) in [5.41, 5.74) is 3.95. The molecule has 1 atom stereocenters. The largest absolute Gasteiger partial charge is 0.497 e. The van der Waals surface area contributed by atoms with Crippen LogP contribution >= 0.6 is 11.3 Å². The number of ether oxygens (including phenoxy) is 2. The fourth-order valence-electron chi connectivity index (χ4n) is 3.81. The number of aryl methyl sites for hydroxylation is 1. The normalized spacial score (nSPS) is 17.5. The van der Waals surface area contributed by atoms with Crippen molar-refractivity contribution in [2.75, 3.05) is 20.8 Å². The van der Waals surface area contributed by atoms with Gasteiger partial charge in [0.2, 0.25) is 0 Å². The first-order chi connectivity index (χ1) is 12.8. The third-order valence-corrected chi connectivity index (χ3v) is 5.71. The Bertz CT molecular complexity index is 835. The number of benzene rings is 1. The summed E-state index contributed by atoms with van der Waals surface area (Å²) >= 11 is 1.76. The van der Waals surface area contributed by atoms with Gasteiger partial charge < -0.3 is 14.0 Å². The Morgan fingerprint density at radius 3 is 2.58 bits per heavy atom. The van der Waals surface area contributed by atoms with Crippen molar-refractivity contribution in [3.8, 4) is 11.5 Å². The molecule has 0 saturated carbocycles. The molecule has 1 aliphatic heterocycles. The zero-order chi connectivity index (χ0) is 17.9. The van der Waals surface area contributed by atoms with Crippen LogP contribution in [0.5, 0.6) is 11.5 Å². The minimum atomic E-state index is 0.274. The van der Waals surface area contributed by atoms with Gasteiger partial charge in [-0.2, -0.15) is 11.3 Å². The molecule has 4 rings (SSSR count). The Hall–Kier alpha value is -2.24. The lowest BCUT2D eigenvalue weighted by atomic mass is 10.0. The van der Waals surface area contributed by atoms with E-state index < -0.39 is 0 Å². The second kappa shape index (κ2) is 7.56. The molecule has 1 unspecified atom stereocenters. The highest BCUT2D eigenvalue weighted by atomic mass is 32.1. The summed E-state index contributed by atoms with van der Waals surface area (Å²) in [6, 6.07) is 13.1. The molecule has 0 aliphatic carbocycles. The summed E-state index contributed by atoms with van der Waals surface area (Å²) in [6.07, 6.45) is 3.34. The summed E-state index contributed by atoms with van der Waals surface area (Å²) in [5, 5.41) is 4.44. The van der Waals surface area contributed by atoms with Crippen LogP contribution < -0.4 is 9.47 Å². The summed E-state index contributed by atoms with van der Waals surface area (Å²) < 4.78 is 13.3. The summed E-state index contributed by atoms with van der Waals surface area (Å²) in [6.45, 7) is 2.99. The maximum atomic E-state index is 5.45. The molecule has 26 heavy (non-hydrogen) atoms. The first kappa shape index (κ1) is 17.2. The Balaban J connectivity index is 1.70. The highest BCUT2D eigenvalue weighted by Gasteiger charge is 2.27. The van der Waals surface area contributed by atoms with Gasteiger partial charge in [0.05, 0.1) is 20.3 Å². The molecule has 0 N–H and O–H groups in total. The van der Waals surface area contributed by atoms with E-state index in [1.807, 2.05) is 6.07 Å². The third kappa shape index (κ3) is 3.37. The molecule has 1 aliphatic rings. The molecule has 2 aromatic heterocycles. The van der Waals surface area contributed by atoms with Crippen LogP contribution in [0.4, 0.5) is 0 Å². The Morgan fingerprint density at radius 2 is 1.88 bits per heavy atom. The molecule has 0 bridgehead atoms. The van der Waals surface area contributed by atoms with Crippen molar-refractivity contribution in [3.05, 3.63) is 70.2 Å². The van der Waals surface area contributed by atoms with Crippen LogP contribution in [0.15, 0.2) is 53.4 Å². The molecule has 3 aromatic rings. The molecule has 0 amide bonds.